The Hall–Kier alpha value is -6.32. The number of carbonyl (C=O) groups is 2. The van der Waals surface area contributed by atoms with E-state index >= 15 is 0 Å². The summed E-state index contributed by atoms with van der Waals surface area (Å²) in [5, 5.41) is 9.10. The van der Waals surface area contributed by atoms with Gasteiger partial charge in [0.05, 0.1) is 24.2 Å². The second kappa shape index (κ2) is 29.9. The predicted molar refractivity (Wildman–Crippen MR) is 330 cm³/mol. The number of hydrogen-bond acceptors (Lipinski definition) is 14. The minimum absolute atomic E-state index is 0.231. The Labute approximate surface area is 481 Å². The zero-order valence-electron chi connectivity index (χ0n) is 46.7. The molecule has 0 bridgehead atoms. The van der Waals surface area contributed by atoms with Gasteiger partial charge in [0.15, 0.2) is 0 Å². The third-order valence-corrected chi connectivity index (χ3v) is 17.6. The fourth-order valence-electron chi connectivity index (χ4n) is 11.3. The highest BCUT2D eigenvalue weighted by atomic mass is 32.1. The molecule has 0 atom stereocenters. The molecular weight excluding hydrogens is 1040 g/mol. The number of aromatic nitrogens is 2. The molecule has 8 aromatic rings. The monoisotopic (exact) mass is 1120 g/mol. The van der Waals surface area contributed by atoms with Gasteiger partial charge in [-0.2, -0.15) is 0 Å². The molecule has 2 aliphatic heterocycles. The number of unbranched alkanes of at least 4 members (excludes halogenated alkanes) is 13. The van der Waals surface area contributed by atoms with Gasteiger partial charge < -0.3 is 28.7 Å². The first kappa shape index (κ1) is 56.9. The van der Waals surface area contributed by atoms with Gasteiger partial charge in [-0.15, -0.1) is 22.7 Å². The van der Waals surface area contributed by atoms with Gasteiger partial charge in [0.25, 0.3) is 0 Å². The van der Waals surface area contributed by atoms with E-state index in [1.165, 1.54) is 70.1 Å². The van der Waals surface area contributed by atoms with Crippen LogP contribution in [-0.4, -0.2) is 110 Å². The summed E-state index contributed by atoms with van der Waals surface area (Å²) < 4.78 is 26.3. The molecule has 80 heavy (non-hydrogen) atoms. The van der Waals surface area contributed by atoms with E-state index in [9.17, 15) is 9.59 Å². The molecule has 2 fully saturated rings. The minimum Gasteiger partial charge on any atom is -0.494 e. The standard InChI is InChI=1S/C66H80N6O6S2/c73-65(77-63-31-27-51-25-29-53(49-57(51)67-63)75-45-15-13-35-69-37-41-71(42-38-69)59-19-17-21-61-55(59)33-47-79-61)23-11-9-7-5-3-1-2-4-6-8-10-12-24-66(74)78-64-32-28-52-26-30-54(50-58(52)68-64)76-46-16-14-36-70-39-43-72(44-40-70)60-20-18-22-62-56(60)34-48-80-62/h17-22,25-34,47-50H,1-16,23-24,35-46H2. The second-order valence-corrected chi connectivity index (χ2v) is 23.6. The number of carbonyl (C=O) groups excluding carboxylic acids is 2. The molecule has 12 nitrogen and oxygen atoms in total. The quantitative estimate of drug-likeness (QED) is 0.0305. The average Bonchev–Trinajstić information content (AvgIpc) is 4.28. The first-order chi connectivity index (χ1) is 39.5. The van der Waals surface area contributed by atoms with E-state index in [0.29, 0.717) is 37.8 Å². The molecule has 4 aromatic heterocycles. The lowest BCUT2D eigenvalue weighted by Crippen LogP contribution is -2.46. The third-order valence-electron chi connectivity index (χ3n) is 15.9. The predicted octanol–water partition coefficient (Wildman–Crippen LogP) is 15.1. The van der Waals surface area contributed by atoms with Gasteiger partial charge in [0, 0.05) is 132 Å². The van der Waals surface area contributed by atoms with Crippen molar-refractivity contribution >= 4 is 88.0 Å². The van der Waals surface area contributed by atoms with Crippen molar-refractivity contribution < 1.29 is 28.5 Å². The van der Waals surface area contributed by atoms with Gasteiger partial charge in [-0.3, -0.25) is 19.4 Å². The fourth-order valence-corrected chi connectivity index (χ4v) is 12.9. The molecular formula is C66H80N6O6S2. The van der Waals surface area contributed by atoms with Gasteiger partial charge in [-0.05, 0) is 135 Å². The van der Waals surface area contributed by atoms with Gasteiger partial charge in [-0.25, -0.2) is 9.97 Å². The van der Waals surface area contributed by atoms with Crippen molar-refractivity contribution in [3.8, 4) is 23.3 Å². The molecule has 10 rings (SSSR count). The molecule has 2 aliphatic rings. The number of fused-ring (bicyclic) bond motifs is 4. The van der Waals surface area contributed by atoms with Crippen LogP contribution in [0.2, 0.25) is 0 Å². The smallest absolute Gasteiger partial charge is 0.312 e. The molecule has 14 heteroatoms. The number of anilines is 2. The van der Waals surface area contributed by atoms with Crippen LogP contribution in [0.5, 0.6) is 23.3 Å². The number of hydrogen-bond donors (Lipinski definition) is 0. The first-order valence-corrected chi connectivity index (χ1v) is 31.6. The van der Waals surface area contributed by atoms with E-state index in [1.807, 2.05) is 71.2 Å². The maximum absolute atomic E-state index is 12.7. The molecule has 0 N–H and O–H groups in total. The first-order valence-electron chi connectivity index (χ1n) is 29.8. The number of piperazine rings is 2. The fraction of sp³-hybridized carbons (Fsp3) is 0.455. The van der Waals surface area contributed by atoms with Crippen LogP contribution in [0, 0.1) is 0 Å². The topological polar surface area (TPSA) is 110 Å². The van der Waals surface area contributed by atoms with E-state index in [1.54, 1.807) is 12.1 Å². The Morgan fingerprint density at radius 2 is 0.825 bits per heavy atom. The van der Waals surface area contributed by atoms with Gasteiger partial charge in [0.2, 0.25) is 11.8 Å². The van der Waals surface area contributed by atoms with Crippen molar-refractivity contribution in [2.24, 2.45) is 0 Å². The van der Waals surface area contributed by atoms with Gasteiger partial charge in [0.1, 0.15) is 11.5 Å². The summed E-state index contributed by atoms with van der Waals surface area (Å²) in [4.78, 5) is 44.9. The SMILES string of the molecule is O=C(CCCCCCCCCCCCCCC(=O)Oc1ccc2ccc(OCCCCN3CCN(c4cccc5sccc45)CC3)cc2n1)Oc1ccc2ccc(OCCCCN3CCN(c4cccc5sccc45)CC3)cc2n1. The van der Waals surface area contributed by atoms with E-state index in [4.69, 9.17) is 18.9 Å². The number of esters is 2. The van der Waals surface area contributed by atoms with Crippen molar-refractivity contribution in [2.75, 3.05) is 88.5 Å². The Balaban J connectivity index is 0.506. The summed E-state index contributed by atoms with van der Waals surface area (Å²) in [5.74, 6) is 1.79. The number of nitrogens with zero attached hydrogens (tertiary/aromatic N) is 6. The zero-order valence-corrected chi connectivity index (χ0v) is 48.3. The summed E-state index contributed by atoms with van der Waals surface area (Å²) in [6.07, 6.45) is 18.2. The Morgan fingerprint density at radius 3 is 1.25 bits per heavy atom. The summed E-state index contributed by atoms with van der Waals surface area (Å²) in [7, 11) is 0. The van der Waals surface area contributed by atoms with E-state index in [0.717, 1.165) is 163 Å². The number of pyridine rings is 2. The second-order valence-electron chi connectivity index (χ2n) is 21.7. The number of thiophene rings is 2. The summed E-state index contributed by atoms with van der Waals surface area (Å²) >= 11 is 3.63. The number of rotatable bonds is 31. The Morgan fingerprint density at radius 1 is 0.425 bits per heavy atom. The molecule has 0 aliphatic carbocycles. The highest BCUT2D eigenvalue weighted by Gasteiger charge is 2.21. The molecule has 4 aromatic carbocycles. The van der Waals surface area contributed by atoms with Gasteiger partial charge in [-0.1, -0.05) is 76.3 Å². The van der Waals surface area contributed by atoms with Crippen molar-refractivity contribution in [2.45, 2.75) is 116 Å². The van der Waals surface area contributed by atoms with Crippen molar-refractivity contribution in [3.63, 3.8) is 0 Å². The van der Waals surface area contributed by atoms with E-state index in [2.05, 4.69) is 88.9 Å². The van der Waals surface area contributed by atoms with Crippen LogP contribution in [0.15, 0.2) is 120 Å². The average molecular weight is 1120 g/mol. The number of benzene rings is 4. The summed E-state index contributed by atoms with van der Waals surface area (Å²) in [6.45, 7) is 12.1. The maximum Gasteiger partial charge on any atom is 0.312 e. The van der Waals surface area contributed by atoms with Crippen molar-refractivity contribution in [1.82, 2.24) is 19.8 Å². The molecule has 422 valence electrons. The maximum atomic E-state index is 12.7. The van der Waals surface area contributed by atoms with Crippen LogP contribution in [-0.2, 0) is 9.59 Å². The molecule has 0 unspecified atom stereocenters. The third kappa shape index (κ3) is 16.6. The minimum atomic E-state index is -0.231. The highest BCUT2D eigenvalue weighted by Crippen LogP contribution is 2.33. The normalized spacial score (nSPS) is 14.4. The van der Waals surface area contributed by atoms with E-state index < -0.39 is 0 Å². The number of ether oxygens (including phenoxy) is 4. The summed E-state index contributed by atoms with van der Waals surface area (Å²) in [6, 6.07) is 37.1. The Bertz CT molecular complexity index is 3010. The molecule has 6 heterocycles. The van der Waals surface area contributed by atoms with Crippen LogP contribution in [0.4, 0.5) is 11.4 Å². The lowest BCUT2D eigenvalue weighted by molar-refractivity contribution is -0.135. The summed E-state index contributed by atoms with van der Waals surface area (Å²) in [5.41, 5.74) is 4.26. The largest absolute Gasteiger partial charge is 0.494 e. The molecule has 0 radical (unpaired) electrons. The van der Waals surface area contributed by atoms with Crippen LogP contribution >= 0.6 is 22.7 Å². The van der Waals surface area contributed by atoms with Crippen molar-refractivity contribution in [1.29, 1.82) is 0 Å². The Kier molecular flexibility index (Phi) is 21.3. The highest BCUT2D eigenvalue weighted by molar-refractivity contribution is 7.17. The van der Waals surface area contributed by atoms with Gasteiger partial charge >= 0.3 is 11.9 Å². The zero-order chi connectivity index (χ0) is 54.6. The lowest BCUT2D eigenvalue weighted by atomic mass is 10.0. The van der Waals surface area contributed by atoms with Crippen LogP contribution in [0.1, 0.15) is 116 Å². The van der Waals surface area contributed by atoms with Crippen LogP contribution in [0.3, 0.4) is 0 Å². The lowest BCUT2D eigenvalue weighted by Gasteiger charge is -2.36. The van der Waals surface area contributed by atoms with E-state index in [-0.39, 0.29) is 11.9 Å². The van der Waals surface area contributed by atoms with Crippen LogP contribution < -0.4 is 28.7 Å². The molecule has 0 spiro atoms. The molecule has 0 saturated carbocycles. The van der Waals surface area contributed by atoms with Crippen LogP contribution in [0.25, 0.3) is 42.0 Å². The van der Waals surface area contributed by atoms with Crippen molar-refractivity contribution in [3.05, 3.63) is 120 Å². The molecule has 2 saturated heterocycles. The molecule has 0 amide bonds.